The van der Waals surface area contributed by atoms with Gasteiger partial charge in [-0.2, -0.15) is 0 Å². The van der Waals surface area contributed by atoms with Crippen LogP contribution in [-0.2, 0) is 23.7 Å². The Morgan fingerprint density at radius 2 is 1.51 bits per heavy atom. The van der Waals surface area contributed by atoms with Gasteiger partial charge in [-0.15, -0.1) is 0 Å². The Kier molecular flexibility index (Phi) is 11.3. The first-order valence-electron chi connectivity index (χ1n) is 13.8. The van der Waals surface area contributed by atoms with Crippen molar-refractivity contribution in [1.29, 1.82) is 0 Å². The minimum atomic E-state index is -1.83. The molecule has 16 heteroatoms. The van der Waals surface area contributed by atoms with Crippen LogP contribution in [0.15, 0.2) is 42.5 Å². The number of aromatic hydroxyl groups is 4. The highest BCUT2D eigenvalue weighted by molar-refractivity contribution is 5.97. The highest BCUT2D eigenvalue weighted by atomic mass is 16.7. The Balaban J connectivity index is 1.54. The van der Waals surface area contributed by atoms with E-state index in [1.807, 2.05) is 0 Å². The molecule has 0 spiro atoms. The van der Waals surface area contributed by atoms with E-state index < -0.39 is 104 Å². The molecule has 0 bridgehead atoms. The Morgan fingerprint density at radius 3 is 2.16 bits per heavy atom. The van der Waals surface area contributed by atoms with Gasteiger partial charge in [0, 0.05) is 5.56 Å². The number of carbonyl (C=O) groups excluding carboxylic acids is 1. The number of aliphatic hydroxyl groups is 6. The van der Waals surface area contributed by atoms with Crippen molar-refractivity contribution in [3.8, 4) is 23.0 Å². The van der Waals surface area contributed by atoms with Crippen LogP contribution in [0.5, 0.6) is 23.0 Å². The molecule has 2 saturated heterocycles. The summed E-state index contributed by atoms with van der Waals surface area (Å²) in [5, 5.41) is 101. The van der Waals surface area contributed by atoms with Gasteiger partial charge in [-0.25, -0.2) is 0 Å². The number of Topliss-reactive ketones (excluding diaryl/α,β-unsaturated/α-hetero) is 1. The van der Waals surface area contributed by atoms with Crippen molar-refractivity contribution in [1.82, 2.24) is 0 Å². The molecule has 2 aliphatic rings. The lowest BCUT2D eigenvalue weighted by Crippen LogP contribution is -2.65. The first-order chi connectivity index (χ1) is 21.3. The van der Waals surface area contributed by atoms with E-state index in [4.69, 9.17) is 23.7 Å². The monoisotopic (exact) mass is 640 g/mol. The minimum Gasteiger partial charge on any atom is -0.504 e. The number of aliphatic hydroxyl groups excluding tert-OH is 6. The van der Waals surface area contributed by atoms with E-state index in [9.17, 15) is 55.9 Å². The molecule has 10 N–H and O–H groups in total. The van der Waals surface area contributed by atoms with E-state index in [0.717, 1.165) is 18.2 Å². The summed E-state index contributed by atoms with van der Waals surface area (Å²) in [6.45, 7) is -0.0992. The standard InChI is InChI=1S/C29H36O16/c1-12-22(37)23(38)24(39)29(42-12)45-27-25(40)28(41-11-19(35)14-4-6-16(32)18(34)9-14)43-20(10-30)26(27)44-21(36)7-3-13-2-5-15(31)17(33)8-13/h2-9,12,20-34,36-40H,10-11H2,1H3. The number of carbonyl (C=O) groups is 1. The van der Waals surface area contributed by atoms with Gasteiger partial charge in [0.25, 0.3) is 0 Å². The summed E-state index contributed by atoms with van der Waals surface area (Å²) in [6.07, 6.45) is -15.0. The number of phenolic OH excluding ortho intramolecular Hbond substituents is 4. The molecule has 0 aromatic heterocycles. The molecule has 248 valence electrons. The van der Waals surface area contributed by atoms with Crippen LogP contribution in [-0.4, -0.2) is 138 Å². The molecule has 16 nitrogen and oxygen atoms in total. The largest absolute Gasteiger partial charge is 0.504 e. The molecule has 45 heavy (non-hydrogen) atoms. The van der Waals surface area contributed by atoms with Gasteiger partial charge >= 0.3 is 0 Å². The molecule has 2 aromatic rings. The molecule has 4 rings (SSSR count). The highest BCUT2D eigenvalue weighted by Gasteiger charge is 2.51. The van der Waals surface area contributed by atoms with Crippen molar-refractivity contribution in [3.63, 3.8) is 0 Å². The van der Waals surface area contributed by atoms with Gasteiger partial charge in [0.05, 0.1) is 12.7 Å². The number of ketones is 1. The van der Waals surface area contributed by atoms with Crippen molar-refractivity contribution in [2.75, 3.05) is 13.2 Å². The summed E-state index contributed by atoms with van der Waals surface area (Å²) in [6, 6.07) is 7.18. The topological polar surface area (TPSA) is 266 Å². The average molecular weight is 641 g/mol. The zero-order chi connectivity index (χ0) is 33.0. The molecule has 2 fully saturated rings. The van der Waals surface area contributed by atoms with Crippen molar-refractivity contribution >= 4 is 11.9 Å². The molecule has 2 heterocycles. The molecule has 11 unspecified atom stereocenters. The minimum absolute atomic E-state index is 0.0413. The van der Waals surface area contributed by atoms with E-state index in [-0.39, 0.29) is 11.3 Å². The fraction of sp³-hybridized carbons (Fsp3) is 0.483. The van der Waals surface area contributed by atoms with E-state index >= 15 is 0 Å². The zero-order valence-corrected chi connectivity index (χ0v) is 23.8. The Bertz CT molecular complexity index is 1340. The predicted octanol–water partition coefficient (Wildman–Crippen LogP) is -1.58. The predicted molar refractivity (Wildman–Crippen MR) is 149 cm³/mol. The van der Waals surface area contributed by atoms with Crippen LogP contribution in [0.2, 0.25) is 0 Å². The maximum Gasteiger partial charge on any atom is 0.188 e. The van der Waals surface area contributed by atoms with Crippen LogP contribution in [0, 0.1) is 0 Å². The van der Waals surface area contributed by atoms with Gasteiger partial charge in [-0.05, 0) is 48.9 Å². The molecule has 11 atom stereocenters. The highest BCUT2D eigenvalue weighted by Crippen LogP contribution is 2.32. The Labute approximate surface area is 256 Å². The van der Waals surface area contributed by atoms with E-state index in [1.54, 1.807) is 0 Å². The molecular formula is C29H36O16. The van der Waals surface area contributed by atoms with Crippen LogP contribution < -0.4 is 0 Å². The first kappa shape index (κ1) is 34.5. The third kappa shape index (κ3) is 8.07. The molecule has 0 saturated carbocycles. The molecule has 0 aliphatic carbocycles. The Morgan fingerprint density at radius 1 is 0.844 bits per heavy atom. The number of benzene rings is 2. The van der Waals surface area contributed by atoms with Crippen LogP contribution in [0.1, 0.15) is 22.8 Å². The summed E-state index contributed by atoms with van der Waals surface area (Å²) in [4.78, 5) is 12.7. The first-order valence-corrected chi connectivity index (χ1v) is 13.8. The maximum absolute atomic E-state index is 12.7. The van der Waals surface area contributed by atoms with Crippen molar-refractivity contribution in [3.05, 3.63) is 53.6 Å². The van der Waals surface area contributed by atoms with Crippen molar-refractivity contribution in [2.45, 2.75) is 74.6 Å². The summed E-state index contributed by atoms with van der Waals surface area (Å²) in [5.41, 5.74) is 0.320. The molecule has 2 aliphatic heterocycles. The zero-order valence-electron chi connectivity index (χ0n) is 23.8. The summed E-state index contributed by atoms with van der Waals surface area (Å²) < 4.78 is 28.0. The normalized spacial score (nSPS) is 32.9. The lowest BCUT2D eigenvalue weighted by Gasteiger charge is -2.47. The molecule has 2 aromatic carbocycles. The Hall–Kier alpha value is -3.39. The lowest BCUT2D eigenvalue weighted by atomic mass is 9.97. The van der Waals surface area contributed by atoms with Crippen LogP contribution in [0.25, 0.3) is 6.08 Å². The fourth-order valence-corrected chi connectivity index (χ4v) is 4.76. The molecule has 0 radical (unpaired) electrons. The number of ether oxygens (including phenoxy) is 5. The average Bonchev–Trinajstić information content (AvgIpc) is 3.01. The van der Waals surface area contributed by atoms with Gasteiger partial charge in [0.15, 0.2) is 47.7 Å². The van der Waals surface area contributed by atoms with Crippen LogP contribution in [0.3, 0.4) is 0 Å². The van der Waals surface area contributed by atoms with E-state index in [0.29, 0.717) is 5.56 Å². The van der Waals surface area contributed by atoms with Crippen molar-refractivity contribution < 1.29 is 79.5 Å². The smallest absolute Gasteiger partial charge is 0.188 e. The number of phenols is 4. The number of hydrogen-bond acceptors (Lipinski definition) is 16. The molecule has 0 amide bonds. The summed E-state index contributed by atoms with van der Waals surface area (Å²) in [5.74, 6) is -2.46. The quantitative estimate of drug-likeness (QED) is 0.0754. The third-order valence-corrected chi connectivity index (χ3v) is 7.32. The SMILES string of the molecule is CC1OC(OC2C(O)C(OCC(=O)c3ccc(O)c(O)c3)OC(CO)C2OC(O)C=Cc2ccc(O)c(O)c2)C(O)C(O)C1O. The number of hydrogen-bond donors (Lipinski definition) is 10. The van der Waals surface area contributed by atoms with Gasteiger partial charge in [-0.1, -0.05) is 12.1 Å². The summed E-state index contributed by atoms with van der Waals surface area (Å²) >= 11 is 0. The lowest BCUT2D eigenvalue weighted by molar-refractivity contribution is -0.366. The van der Waals surface area contributed by atoms with Crippen molar-refractivity contribution in [2.24, 2.45) is 0 Å². The molecular weight excluding hydrogens is 604 g/mol. The van der Waals surface area contributed by atoms with Gasteiger partial charge in [-0.3, -0.25) is 4.79 Å². The second kappa shape index (κ2) is 14.8. The van der Waals surface area contributed by atoms with E-state index in [2.05, 4.69) is 0 Å². The van der Waals surface area contributed by atoms with Gasteiger partial charge < -0.3 is 74.7 Å². The van der Waals surface area contributed by atoms with Gasteiger partial charge in [0.1, 0.15) is 49.3 Å². The maximum atomic E-state index is 12.7. The third-order valence-electron chi connectivity index (χ3n) is 7.32. The fourth-order valence-electron chi connectivity index (χ4n) is 4.76. The number of rotatable bonds is 11. The van der Waals surface area contributed by atoms with Crippen LogP contribution >= 0.6 is 0 Å². The summed E-state index contributed by atoms with van der Waals surface area (Å²) in [7, 11) is 0. The van der Waals surface area contributed by atoms with E-state index in [1.165, 1.54) is 37.3 Å². The van der Waals surface area contributed by atoms with Crippen LogP contribution in [0.4, 0.5) is 0 Å². The second-order valence-corrected chi connectivity index (χ2v) is 10.5. The second-order valence-electron chi connectivity index (χ2n) is 10.5. The van der Waals surface area contributed by atoms with Gasteiger partial charge in [0.2, 0.25) is 0 Å².